The van der Waals surface area contributed by atoms with Gasteiger partial charge in [0.25, 0.3) is 0 Å². The van der Waals surface area contributed by atoms with E-state index in [0.717, 1.165) is 19.6 Å². The molecule has 2 aromatic carbocycles. The number of carbonyl (C=O) groups is 1. The highest BCUT2D eigenvalue weighted by atomic mass is 16.6. The Kier molecular flexibility index (Phi) is 6.11. The fraction of sp³-hybridized carbons (Fsp3) is 0.240. The number of fused-ring (bicyclic) bond motifs is 1. The summed E-state index contributed by atoms with van der Waals surface area (Å²) in [7, 11) is 0. The van der Waals surface area contributed by atoms with Gasteiger partial charge in [0.1, 0.15) is 6.33 Å². The maximum Gasteiger partial charge on any atom is 0.373 e. The minimum absolute atomic E-state index is 0.181. The van der Waals surface area contributed by atoms with Gasteiger partial charge in [-0.2, -0.15) is 4.98 Å². The molecular weight excluding hydrogens is 450 g/mol. The Morgan fingerprint density at radius 1 is 1.09 bits per heavy atom. The first-order valence-electron chi connectivity index (χ1n) is 11.2. The lowest BCUT2D eigenvalue weighted by molar-refractivity contribution is -0.385. The van der Waals surface area contributed by atoms with Gasteiger partial charge in [-0.25, -0.2) is 4.98 Å². The first-order chi connectivity index (χ1) is 17.0. The lowest BCUT2D eigenvalue weighted by Crippen LogP contribution is -2.46. The molecule has 1 saturated heterocycles. The first-order valence-corrected chi connectivity index (χ1v) is 11.2. The van der Waals surface area contributed by atoms with Crippen molar-refractivity contribution in [2.75, 3.05) is 31.1 Å². The number of carbonyl (C=O) groups excluding carboxylic acids is 1. The molecule has 10 heteroatoms. The Morgan fingerprint density at radius 3 is 2.57 bits per heavy atom. The van der Waals surface area contributed by atoms with Gasteiger partial charge in [0.2, 0.25) is 5.82 Å². The second kappa shape index (κ2) is 9.51. The van der Waals surface area contributed by atoms with Crippen LogP contribution < -0.4 is 9.64 Å². The lowest BCUT2D eigenvalue weighted by atomic mass is 10.2. The van der Waals surface area contributed by atoms with Crippen LogP contribution in [-0.4, -0.2) is 51.8 Å². The van der Waals surface area contributed by atoms with Crippen LogP contribution >= 0.6 is 0 Å². The number of furan rings is 1. The molecule has 35 heavy (non-hydrogen) atoms. The van der Waals surface area contributed by atoms with Crippen LogP contribution in [0.3, 0.4) is 0 Å². The maximum absolute atomic E-state index is 12.1. The Balaban J connectivity index is 1.39. The minimum atomic E-state index is -0.524. The average molecular weight is 473 g/mol. The van der Waals surface area contributed by atoms with Crippen LogP contribution in [0, 0.1) is 10.1 Å². The molecule has 0 saturated carbocycles. The lowest BCUT2D eigenvalue weighted by Gasteiger charge is -2.35. The van der Waals surface area contributed by atoms with Crippen molar-refractivity contribution in [3.8, 4) is 11.6 Å². The van der Waals surface area contributed by atoms with Crippen LogP contribution in [0.25, 0.3) is 11.0 Å². The van der Waals surface area contributed by atoms with E-state index >= 15 is 0 Å². The van der Waals surface area contributed by atoms with Crippen molar-refractivity contribution in [1.82, 2.24) is 14.9 Å². The maximum atomic E-state index is 12.1. The molecule has 0 N–H and O–H groups in total. The van der Waals surface area contributed by atoms with Crippen molar-refractivity contribution in [3.05, 3.63) is 82.4 Å². The second-order valence-corrected chi connectivity index (χ2v) is 8.30. The Hall–Kier alpha value is -4.31. The molecular formula is C25H23N5O5. The highest BCUT2D eigenvalue weighted by molar-refractivity contribution is 5.97. The van der Waals surface area contributed by atoms with E-state index in [4.69, 9.17) is 9.15 Å². The number of ether oxygens (including phenoxy) is 1. The van der Waals surface area contributed by atoms with Crippen molar-refractivity contribution >= 4 is 28.3 Å². The van der Waals surface area contributed by atoms with E-state index in [1.54, 1.807) is 24.3 Å². The third kappa shape index (κ3) is 4.69. The van der Waals surface area contributed by atoms with Gasteiger partial charge in [0, 0.05) is 45.0 Å². The molecule has 1 aliphatic rings. The third-order valence-electron chi connectivity index (χ3n) is 5.93. The molecule has 10 nitrogen and oxygen atoms in total. The number of Topliss-reactive ketones (excluding diaryl/α,β-unsaturated/α-hetero) is 1. The highest BCUT2D eigenvalue weighted by Gasteiger charge is 2.31. The van der Waals surface area contributed by atoms with Crippen molar-refractivity contribution < 1.29 is 18.9 Å². The Bertz CT molecular complexity index is 1380. The van der Waals surface area contributed by atoms with Crippen LogP contribution in [0.5, 0.6) is 11.6 Å². The number of para-hydroxylation sites is 1. The number of hydrogen-bond acceptors (Lipinski definition) is 9. The van der Waals surface area contributed by atoms with E-state index < -0.39 is 4.92 Å². The fourth-order valence-electron chi connectivity index (χ4n) is 4.17. The molecule has 2 aromatic heterocycles. The predicted octanol–water partition coefficient (Wildman–Crippen LogP) is 4.45. The first kappa shape index (κ1) is 22.5. The van der Waals surface area contributed by atoms with E-state index in [2.05, 4.69) is 27.0 Å². The number of nitro groups is 1. The standard InChI is InChI=1S/C25H23N5O5/c1-17(31)21-14-19-8-5-9-20(23(19)34-21)35-25-22(30(32)33)24(26-16-27-25)29-12-10-28(11-13-29)15-18-6-3-2-4-7-18/h2-9,14,16H,10-13,15H2,1H3. The summed E-state index contributed by atoms with van der Waals surface area (Å²) in [6.07, 6.45) is 1.26. The van der Waals surface area contributed by atoms with Gasteiger partial charge >= 0.3 is 11.6 Å². The van der Waals surface area contributed by atoms with Gasteiger partial charge in [0.15, 0.2) is 22.9 Å². The highest BCUT2D eigenvalue weighted by Crippen LogP contribution is 2.39. The van der Waals surface area contributed by atoms with Gasteiger partial charge in [-0.15, -0.1) is 0 Å². The minimum Gasteiger partial charge on any atom is -0.449 e. The second-order valence-electron chi connectivity index (χ2n) is 8.30. The van der Waals surface area contributed by atoms with E-state index in [1.165, 1.54) is 18.8 Å². The summed E-state index contributed by atoms with van der Waals surface area (Å²) in [5.41, 5.74) is 1.24. The molecule has 0 aliphatic carbocycles. The third-order valence-corrected chi connectivity index (χ3v) is 5.93. The quantitative estimate of drug-likeness (QED) is 0.218. The Morgan fingerprint density at radius 2 is 1.86 bits per heavy atom. The van der Waals surface area contributed by atoms with Crippen LogP contribution in [-0.2, 0) is 6.54 Å². The van der Waals surface area contributed by atoms with Gasteiger partial charge in [0.05, 0.1) is 4.92 Å². The number of rotatable bonds is 7. The zero-order valence-electron chi connectivity index (χ0n) is 19.1. The van der Waals surface area contributed by atoms with Crippen molar-refractivity contribution in [2.24, 2.45) is 0 Å². The molecule has 3 heterocycles. The largest absolute Gasteiger partial charge is 0.449 e. The van der Waals surface area contributed by atoms with Gasteiger partial charge in [-0.05, 0) is 17.7 Å². The number of piperazine rings is 1. The number of nitrogens with zero attached hydrogens (tertiary/aromatic N) is 5. The summed E-state index contributed by atoms with van der Waals surface area (Å²) in [6, 6.07) is 16.9. The Labute approximate surface area is 200 Å². The number of anilines is 1. The summed E-state index contributed by atoms with van der Waals surface area (Å²) in [4.78, 5) is 35.7. The summed E-state index contributed by atoms with van der Waals surface area (Å²) in [6.45, 7) is 4.88. The molecule has 0 amide bonds. The predicted molar refractivity (Wildman–Crippen MR) is 129 cm³/mol. The molecule has 0 unspecified atom stereocenters. The molecule has 0 radical (unpaired) electrons. The van der Waals surface area contributed by atoms with Gasteiger partial charge < -0.3 is 14.1 Å². The monoisotopic (exact) mass is 473 g/mol. The molecule has 178 valence electrons. The summed E-state index contributed by atoms with van der Waals surface area (Å²) < 4.78 is 11.5. The van der Waals surface area contributed by atoms with E-state index in [-0.39, 0.29) is 34.7 Å². The fourth-order valence-corrected chi connectivity index (χ4v) is 4.17. The number of benzene rings is 2. The normalized spacial score (nSPS) is 14.3. The summed E-state index contributed by atoms with van der Waals surface area (Å²) >= 11 is 0. The molecule has 0 bridgehead atoms. The summed E-state index contributed by atoms with van der Waals surface area (Å²) in [5.74, 6) is 0.224. The van der Waals surface area contributed by atoms with E-state index in [0.29, 0.717) is 24.1 Å². The number of ketones is 1. The SMILES string of the molecule is CC(=O)c1cc2cccc(Oc3ncnc(N4CCN(Cc5ccccc5)CC4)c3[N+](=O)[O-])c2o1. The van der Waals surface area contributed by atoms with Crippen LogP contribution in [0.1, 0.15) is 23.0 Å². The molecule has 5 rings (SSSR count). The summed E-state index contributed by atoms with van der Waals surface area (Å²) in [5, 5.41) is 12.7. The molecule has 4 aromatic rings. The van der Waals surface area contributed by atoms with Crippen molar-refractivity contribution in [2.45, 2.75) is 13.5 Å². The van der Waals surface area contributed by atoms with Crippen molar-refractivity contribution in [1.29, 1.82) is 0 Å². The topological polar surface area (TPSA) is 115 Å². The van der Waals surface area contributed by atoms with Crippen LogP contribution in [0.15, 0.2) is 65.3 Å². The number of aromatic nitrogens is 2. The molecule has 1 aliphatic heterocycles. The van der Waals surface area contributed by atoms with Gasteiger partial charge in [-0.3, -0.25) is 19.8 Å². The molecule has 0 spiro atoms. The van der Waals surface area contributed by atoms with Crippen LogP contribution in [0.2, 0.25) is 0 Å². The van der Waals surface area contributed by atoms with E-state index in [9.17, 15) is 14.9 Å². The van der Waals surface area contributed by atoms with Gasteiger partial charge in [-0.1, -0.05) is 42.5 Å². The zero-order valence-corrected chi connectivity index (χ0v) is 19.1. The van der Waals surface area contributed by atoms with Crippen molar-refractivity contribution in [3.63, 3.8) is 0 Å². The molecule has 1 fully saturated rings. The average Bonchev–Trinajstić information content (AvgIpc) is 3.31. The zero-order chi connectivity index (χ0) is 24.4. The van der Waals surface area contributed by atoms with E-state index in [1.807, 2.05) is 23.1 Å². The number of hydrogen-bond donors (Lipinski definition) is 0. The molecule has 0 atom stereocenters. The smallest absolute Gasteiger partial charge is 0.373 e. The van der Waals surface area contributed by atoms with Crippen LogP contribution in [0.4, 0.5) is 11.5 Å².